The van der Waals surface area contributed by atoms with Crippen LogP contribution in [0.15, 0.2) is 59.4 Å². The molecule has 6 heteroatoms. The van der Waals surface area contributed by atoms with E-state index in [0.717, 1.165) is 15.3 Å². The van der Waals surface area contributed by atoms with Crippen LogP contribution >= 0.6 is 11.3 Å². The minimum Gasteiger partial charge on any atom is -0.504 e. The first-order valence-corrected chi connectivity index (χ1v) is 10.9. The van der Waals surface area contributed by atoms with Crippen molar-refractivity contribution in [2.45, 2.75) is 33.6 Å². The summed E-state index contributed by atoms with van der Waals surface area (Å²) < 4.78 is 15.6. The second kappa shape index (κ2) is 8.12. The number of para-hydroxylation sites is 1. The van der Waals surface area contributed by atoms with Gasteiger partial charge < -0.3 is 5.11 Å². The van der Waals surface area contributed by atoms with Gasteiger partial charge in [0, 0.05) is 9.75 Å². The number of rotatable bonds is 4. The third-order valence-electron chi connectivity index (χ3n) is 5.30. The van der Waals surface area contributed by atoms with Gasteiger partial charge in [-0.2, -0.15) is 0 Å². The molecule has 0 aliphatic rings. The van der Waals surface area contributed by atoms with Gasteiger partial charge in [0.25, 0.3) is 5.56 Å². The summed E-state index contributed by atoms with van der Waals surface area (Å²) in [6, 6.07) is 15.8. The van der Waals surface area contributed by atoms with E-state index in [1.807, 2.05) is 43.3 Å². The number of hydrogen-bond donors (Lipinski definition) is 1. The van der Waals surface area contributed by atoms with Crippen molar-refractivity contribution in [1.82, 2.24) is 9.55 Å². The molecule has 4 nitrogen and oxygen atoms in total. The summed E-state index contributed by atoms with van der Waals surface area (Å²) in [5.41, 5.74) is 2.69. The van der Waals surface area contributed by atoms with Crippen molar-refractivity contribution in [3.8, 4) is 33.3 Å². The van der Waals surface area contributed by atoms with Crippen LogP contribution in [0.4, 0.5) is 4.39 Å². The Morgan fingerprint density at radius 2 is 1.74 bits per heavy atom. The highest BCUT2D eigenvalue weighted by Gasteiger charge is 2.22. The average Bonchev–Trinajstić information content (AvgIpc) is 3.15. The molecule has 0 bridgehead atoms. The molecule has 31 heavy (non-hydrogen) atoms. The maximum absolute atomic E-state index is 14.1. The molecule has 0 spiro atoms. The Morgan fingerprint density at radius 3 is 2.35 bits per heavy atom. The number of hydrogen-bond acceptors (Lipinski definition) is 4. The maximum Gasteiger partial charge on any atom is 0.267 e. The highest BCUT2D eigenvalue weighted by molar-refractivity contribution is 7.15. The monoisotopic (exact) mass is 434 g/mol. The van der Waals surface area contributed by atoms with Crippen molar-refractivity contribution in [3.05, 3.63) is 86.9 Å². The molecule has 0 amide bonds. The van der Waals surface area contributed by atoms with Crippen LogP contribution in [-0.2, 0) is 0 Å². The highest BCUT2D eigenvalue weighted by atomic mass is 32.1. The molecule has 0 atom stereocenters. The smallest absolute Gasteiger partial charge is 0.267 e. The summed E-state index contributed by atoms with van der Waals surface area (Å²) in [5, 5.41) is 10.4. The van der Waals surface area contributed by atoms with Crippen LogP contribution in [0.3, 0.4) is 0 Å². The van der Waals surface area contributed by atoms with Crippen molar-refractivity contribution in [3.63, 3.8) is 0 Å². The average molecular weight is 435 g/mol. The van der Waals surface area contributed by atoms with E-state index in [0.29, 0.717) is 22.9 Å². The predicted octanol–water partition coefficient (Wildman–Crippen LogP) is 6.21. The number of halogens is 1. The molecule has 0 aliphatic heterocycles. The zero-order chi connectivity index (χ0) is 22.3. The minimum atomic E-state index is -0.760. The Labute approximate surface area is 184 Å². The maximum atomic E-state index is 14.1. The van der Waals surface area contributed by atoms with E-state index in [9.17, 15) is 14.3 Å². The number of nitrogens with zero attached hydrogens (tertiary/aromatic N) is 2. The van der Waals surface area contributed by atoms with Crippen LogP contribution < -0.4 is 5.56 Å². The minimum absolute atomic E-state index is 0.169. The van der Waals surface area contributed by atoms with E-state index < -0.39 is 11.6 Å². The second-order valence-electron chi connectivity index (χ2n) is 7.83. The molecule has 2 aromatic heterocycles. The topological polar surface area (TPSA) is 55.1 Å². The highest BCUT2D eigenvalue weighted by Crippen LogP contribution is 2.34. The quantitative estimate of drug-likeness (QED) is 0.415. The molecular formula is C25H23FN2O2S. The van der Waals surface area contributed by atoms with Crippen LogP contribution in [-0.4, -0.2) is 14.7 Å². The molecule has 2 heterocycles. The molecule has 0 saturated carbocycles. The lowest BCUT2D eigenvalue weighted by Crippen LogP contribution is -2.24. The second-order valence-corrected chi connectivity index (χ2v) is 9.12. The summed E-state index contributed by atoms with van der Waals surface area (Å²) in [6.45, 7) is 7.95. The third-order valence-corrected chi connectivity index (χ3v) is 6.31. The van der Waals surface area contributed by atoms with Gasteiger partial charge in [-0.15, -0.1) is 11.3 Å². The Balaban J connectivity index is 2.05. The van der Waals surface area contributed by atoms with Crippen molar-refractivity contribution >= 4 is 11.3 Å². The molecule has 0 aliphatic carbocycles. The molecule has 0 radical (unpaired) electrons. The lowest BCUT2D eigenvalue weighted by molar-refractivity contribution is 0.434. The van der Waals surface area contributed by atoms with Crippen LogP contribution in [0, 0.1) is 19.7 Å². The first kappa shape index (κ1) is 21.0. The summed E-state index contributed by atoms with van der Waals surface area (Å²) in [4.78, 5) is 20.4. The molecule has 0 fully saturated rings. The number of phenolic OH excluding ortho intramolecular Hbond substituents is 1. The van der Waals surface area contributed by atoms with E-state index in [1.54, 1.807) is 13.0 Å². The summed E-state index contributed by atoms with van der Waals surface area (Å²) in [7, 11) is 0. The lowest BCUT2D eigenvalue weighted by Gasteiger charge is -2.17. The van der Waals surface area contributed by atoms with Gasteiger partial charge in [0.05, 0.1) is 22.5 Å². The van der Waals surface area contributed by atoms with Crippen LogP contribution in [0.2, 0.25) is 0 Å². The van der Waals surface area contributed by atoms with Crippen molar-refractivity contribution in [1.29, 1.82) is 0 Å². The molecule has 4 rings (SSSR count). The Bertz CT molecular complexity index is 1320. The van der Waals surface area contributed by atoms with Gasteiger partial charge in [-0.05, 0) is 61.7 Å². The van der Waals surface area contributed by atoms with Crippen LogP contribution in [0.1, 0.15) is 35.9 Å². The molecule has 0 unspecified atom stereocenters. The van der Waals surface area contributed by atoms with Gasteiger partial charge in [0.1, 0.15) is 0 Å². The summed E-state index contributed by atoms with van der Waals surface area (Å²) in [5.74, 6) is -0.739. The van der Waals surface area contributed by atoms with Crippen molar-refractivity contribution in [2.75, 3.05) is 0 Å². The number of aromatic nitrogens is 2. The fourth-order valence-electron chi connectivity index (χ4n) is 3.60. The fraction of sp³-hybridized carbons (Fsp3) is 0.200. The lowest BCUT2D eigenvalue weighted by atomic mass is 10.0. The van der Waals surface area contributed by atoms with E-state index in [4.69, 9.17) is 0 Å². The third kappa shape index (κ3) is 3.79. The molecule has 0 saturated heterocycles. The van der Waals surface area contributed by atoms with Gasteiger partial charge in [0.2, 0.25) is 0 Å². The first-order valence-electron chi connectivity index (χ1n) is 10.1. The van der Waals surface area contributed by atoms with E-state index in [-0.39, 0.29) is 16.9 Å². The fourth-order valence-corrected chi connectivity index (χ4v) is 4.56. The Morgan fingerprint density at radius 1 is 1.03 bits per heavy atom. The van der Waals surface area contributed by atoms with E-state index in [2.05, 4.69) is 18.8 Å². The number of aryl methyl sites for hydroxylation is 2. The molecule has 1 N–H and O–H groups in total. The van der Waals surface area contributed by atoms with Gasteiger partial charge in [-0.25, -0.2) is 9.37 Å². The Kier molecular flexibility index (Phi) is 5.50. The molecule has 2 aromatic carbocycles. The summed E-state index contributed by atoms with van der Waals surface area (Å²) in [6.07, 6.45) is 0. The summed E-state index contributed by atoms with van der Waals surface area (Å²) >= 11 is 1.52. The first-order chi connectivity index (χ1) is 14.8. The van der Waals surface area contributed by atoms with Gasteiger partial charge in [-0.3, -0.25) is 9.36 Å². The van der Waals surface area contributed by atoms with Gasteiger partial charge in [0.15, 0.2) is 17.4 Å². The standard InChI is InChI=1S/C25H23FN2O2S/c1-14(2)17-9-11-18(12-10-17)28-24(19-6-5-7-20(26)23(19)29)27-16(4)22(25(28)30)21-13-8-15(3)31-21/h5-14,29H,1-4H3. The van der Waals surface area contributed by atoms with Crippen LogP contribution in [0.25, 0.3) is 27.5 Å². The zero-order valence-corrected chi connectivity index (χ0v) is 18.6. The predicted molar refractivity (Wildman–Crippen MR) is 124 cm³/mol. The number of aromatic hydroxyl groups is 1. The molecule has 158 valence electrons. The zero-order valence-electron chi connectivity index (χ0n) is 17.8. The Hall–Kier alpha value is -3.25. The van der Waals surface area contributed by atoms with Crippen LogP contribution in [0.5, 0.6) is 5.75 Å². The number of phenols is 1. The van der Waals surface area contributed by atoms with E-state index >= 15 is 0 Å². The largest absolute Gasteiger partial charge is 0.504 e. The number of thiophene rings is 1. The number of benzene rings is 2. The van der Waals surface area contributed by atoms with Gasteiger partial charge >= 0.3 is 0 Å². The normalized spacial score (nSPS) is 11.3. The molecular weight excluding hydrogens is 411 g/mol. The molecule has 4 aromatic rings. The van der Waals surface area contributed by atoms with E-state index in [1.165, 1.54) is 28.0 Å². The van der Waals surface area contributed by atoms with Gasteiger partial charge in [-0.1, -0.05) is 32.0 Å². The SMILES string of the molecule is Cc1ccc(-c2c(C)nc(-c3cccc(F)c3O)n(-c3ccc(C(C)C)cc3)c2=O)s1. The van der Waals surface area contributed by atoms with Crippen molar-refractivity contribution < 1.29 is 9.50 Å². The van der Waals surface area contributed by atoms with Crippen molar-refractivity contribution in [2.24, 2.45) is 0 Å².